The number of benzene rings is 3. The fraction of sp³-hybridized carbons (Fsp3) is 0.156. The number of carbonyl (C=O) groups excluding carboxylic acids is 2. The molecule has 0 aliphatic carbocycles. The number of nitrogens with zero attached hydrogens (tertiary/aromatic N) is 4. The van der Waals surface area contributed by atoms with Gasteiger partial charge in [-0.1, -0.05) is 72.8 Å². The number of carbonyl (C=O) groups is 2. The summed E-state index contributed by atoms with van der Waals surface area (Å²) in [6.45, 7) is 3.82. The molecule has 0 saturated heterocycles. The van der Waals surface area contributed by atoms with E-state index in [1.807, 2.05) is 98.8 Å². The first kappa shape index (κ1) is 26.5. The Balaban J connectivity index is 1.49. The third-order valence-electron chi connectivity index (χ3n) is 6.79. The van der Waals surface area contributed by atoms with Crippen molar-refractivity contribution >= 4 is 17.5 Å². The zero-order valence-corrected chi connectivity index (χ0v) is 22.6. The molecule has 40 heavy (non-hydrogen) atoms. The number of rotatable bonds is 8. The van der Waals surface area contributed by atoms with E-state index in [1.54, 1.807) is 25.5 Å². The van der Waals surface area contributed by atoms with E-state index in [2.05, 4.69) is 25.7 Å². The molecule has 5 aromatic rings. The van der Waals surface area contributed by atoms with Crippen molar-refractivity contribution < 1.29 is 9.59 Å². The van der Waals surface area contributed by atoms with E-state index in [0.29, 0.717) is 17.2 Å². The lowest BCUT2D eigenvalue weighted by atomic mass is 9.84. The van der Waals surface area contributed by atoms with E-state index in [1.165, 1.54) is 4.68 Å². The van der Waals surface area contributed by atoms with E-state index in [9.17, 15) is 9.59 Å². The largest absolute Gasteiger partial charge is 0.338 e. The van der Waals surface area contributed by atoms with Gasteiger partial charge in [-0.3, -0.25) is 14.3 Å². The molecule has 1 atom stereocenters. The van der Waals surface area contributed by atoms with Crippen molar-refractivity contribution in [2.24, 2.45) is 7.05 Å². The van der Waals surface area contributed by atoms with Crippen molar-refractivity contribution in [3.8, 4) is 11.3 Å². The van der Waals surface area contributed by atoms with Gasteiger partial charge in [-0.2, -0.15) is 5.10 Å². The number of aryl methyl sites for hydroxylation is 3. The average molecular weight is 531 g/mol. The highest BCUT2D eigenvalue weighted by atomic mass is 16.2. The molecule has 2 N–H and O–H groups in total. The van der Waals surface area contributed by atoms with Crippen LogP contribution in [0.2, 0.25) is 0 Å². The van der Waals surface area contributed by atoms with Gasteiger partial charge in [0, 0.05) is 36.6 Å². The van der Waals surface area contributed by atoms with Crippen LogP contribution in [0.15, 0.2) is 103 Å². The van der Waals surface area contributed by atoms with E-state index >= 15 is 0 Å². The summed E-state index contributed by atoms with van der Waals surface area (Å²) in [4.78, 5) is 36.1. The second-order valence-corrected chi connectivity index (χ2v) is 9.61. The molecule has 0 aliphatic heterocycles. The van der Waals surface area contributed by atoms with Crippen LogP contribution < -0.4 is 10.6 Å². The van der Waals surface area contributed by atoms with Gasteiger partial charge in [-0.05, 0) is 48.7 Å². The van der Waals surface area contributed by atoms with E-state index in [-0.39, 0.29) is 11.8 Å². The van der Waals surface area contributed by atoms with Gasteiger partial charge >= 0.3 is 0 Å². The number of anilines is 1. The monoisotopic (exact) mass is 530 g/mol. The number of hydrogen-bond acceptors (Lipinski definition) is 5. The van der Waals surface area contributed by atoms with Crippen LogP contribution in [0.5, 0.6) is 0 Å². The minimum atomic E-state index is -0.918. The highest BCUT2D eigenvalue weighted by molar-refractivity contribution is 6.01. The van der Waals surface area contributed by atoms with Crippen LogP contribution in [0.3, 0.4) is 0 Å². The van der Waals surface area contributed by atoms with Crippen LogP contribution in [-0.4, -0.2) is 37.6 Å². The molecule has 2 amide bonds. The Labute approximate surface area is 233 Å². The summed E-state index contributed by atoms with van der Waals surface area (Å²) in [5, 5.41) is 10.1. The Morgan fingerprint density at radius 3 is 2.02 bits per heavy atom. The first-order chi connectivity index (χ1) is 19.4. The molecule has 0 unspecified atom stereocenters. The predicted octanol–water partition coefficient (Wildman–Crippen LogP) is 5.06. The molecule has 0 fully saturated rings. The minimum Gasteiger partial charge on any atom is -0.338 e. The zero-order chi connectivity index (χ0) is 28.1. The number of nitrogens with one attached hydrogen (secondary N) is 2. The quantitative estimate of drug-likeness (QED) is 0.292. The molecule has 3 aromatic carbocycles. The van der Waals surface area contributed by atoms with E-state index in [4.69, 9.17) is 0 Å². The molecule has 2 aromatic heterocycles. The topological polar surface area (TPSA) is 102 Å². The maximum absolute atomic E-state index is 14.0. The Bertz CT molecular complexity index is 1580. The van der Waals surface area contributed by atoms with Crippen molar-refractivity contribution in [1.82, 2.24) is 25.1 Å². The van der Waals surface area contributed by atoms with E-state index < -0.39 is 12.0 Å². The van der Waals surface area contributed by atoms with Crippen molar-refractivity contribution in [2.45, 2.75) is 25.8 Å². The summed E-state index contributed by atoms with van der Waals surface area (Å²) in [6.07, 6.45) is 3.36. The maximum atomic E-state index is 14.0. The highest BCUT2D eigenvalue weighted by Crippen LogP contribution is 2.30. The molecule has 0 spiro atoms. The molecular weight excluding hydrogens is 500 g/mol. The summed E-state index contributed by atoms with van der Waals surface area (Å²) in [6, 6.07) is 27.7. The fourth-order valence-electron chi connectivity index (χ4n) is 4.76. The third kappa shape index (κ3) is 5.81. The van der Waals surface area contributed by atoms with Gasteiger partial charge in [0.15, 0.2) is 0 Å². The molecule has 0 aliphatic rings. The van der Waals surface area contributed by atoms with E-state index in [0.717, 1.165) is 27.9 Å². The molecule has 0 bridgehead atoms. The van der Waals surface area contributed by atoms with Gasteiger partial charge in [0.2, 0.25) is 5.91 Å². The summed E-state index contributed by atoms with van der Waals surface area (Å²) < 4.78 is 1.49. The van der Waals surface area contributed by atoms with Crippen LogP contribution in [0.1, 0.15) is 38.9 Å². The Morgan fingerprint density at radius 2 is 1.45 bits per heavy atom. The molecule has 200 valence electrons. The predicted molar refractivity (Wildman–Crippen MR) is 155 cm³/mol. The second-order valence-electron chi connectivity index (χ2n) is 9.61. The molecule has 0 radical (unpaired) electrons. The smallest absolute Gasteiger partial charge is 0.270 e. The van der Waals surface area contributed by atoms with Gasteiger partial charge in [0.05, 0.1) is 5.69 Å². The molecule has 8 nitrogen and oxygen atoms in total. The van der Waals surface area contributed by atoms with Crippen LogP contribution >= 0.6 is 0 Å². The summed E-state index contributed by atoms with van der Waals surface area (Å²) in [7, 11) is 1.69. The normalized spacial score (nSPS) is 11.7. The molecule has 5 rings (SSSR count). The Morgan fingerprint density at radius 1 is 0.825 bits per heavy atom. The molecular formula is C32H30N6O2. The summed E-state index contributed by atoms with van der Waals surface area (Å²) >= 11 is 0. The minimum absolute atomic E-state index is 0.338. The van der Waals surface area contributed by atoms with Gasteiger partial charge in [0.25, 0.3) is 5.91 Å². The number of amides is 2. The standard InChI is InChI=1S/C32H30N6O2/c1-21-20-33-22(2)35-29(21)25-14-16-26(17-15-25)36-32(40)30(37-31(39)27-18-19-34-38(27)3)28(23-10-6-4-7-11-23)24-12-8-5-9-13-24/h4-20,28,30H,1-3H3,(H,36,40)(H,37,39)/t30-/m0/s1. The van der Waals surface area contributed by atoms with Gasteiger partial charge in [-0.15, -0.1) is 0 Å². The first-order valence-corrected chi connectivity index (χ1v) is 13.0. The molecule has 0 saturated carbocycles. The van der Waals surface area contributed by atoms with Crippen LogP contribution in [0.25, 0.3) is 11.3 Å². The van der Waals surface area contributed by atoms with Gasteiger partial charge < -0.3 is 10.6 Å². The molecule has 8 heteroatoms. The van der Waals surface area contributed by atoms with Gasteiger partial charge in [0.1, 0.15) is 17.6 Å². The van der Waals surface area contributed by atoms with Crippen LogP contribution in [0.4, 0.5) is 5.69 Å². The third-order valence-corrected chi connectivity index (χ3v) is 6.79. The maximum Gasteiger partial charge on any atom is 0.270 e. The first-order valence-electron chi connectivity index (χ1n) is 13.0. The van der Waals surface area contributed by atoms with Gasteiger partial charge in [-0.25, -0.2) is 9.97 Å². The second kappa shape index (κ2) is 11.7. The average Bonchev–Trinajstić information content (AvgIpc) is 3.41. The lowest BCUT2D eigenvalue weighted by Crippen LogP contribution is -2.48. The lowest BCUT2D eigenvalue weighted by Gasteiger charge is -2.28. The number of aromatic nitrogens is 4. The lowest BCUT2D eigenvalue weighted by molar-refractivity contribution is -0.118. The van der Waals surface area contributed by atoms with Crippen molar-refractivity contribution in [3.63, 3.8) is 0 Å². The highest BCUT2D eigenvalue weighted by Gasteiger charge is 2.33. The van der Waals surface area contributed by atoms with Crippen LogP contribution in [0, 0.1) is 13.8 Å². The Kier molecular flexibility index (Phi) is 7.77. The fourth-order valence-corrected chi connectivity index (χ4v) is 4.76. The zero-order valence-electron chi connectivity index (χ0n) is 22.6. The van der Waals surface area contributed by atoms with Crippen molar-refractivity contribution in [3.05, 3.63) is 132 Å². The Hall–Kier alpha value is -5.11. The number of hydrogen-bond donors (Lipinski definition) is 2. The SMILES string of the molecule is Cc1ncc(C)c(-c2ccc(NC(=O)[C@@H](NC(=O)c3ccnn3C)C(c3ccccc3)c3ccccc3)cc2)n1. The van der Waals surface area contributed by atoms with Crippen molar-refractivity contribution in [1.29, 1.82) is 0 Å². The summed E-state index contributed by atoms with van der Waals surface area (Å²) in [5.41, 5.74) is 5.52. The molecule has 2 heterocycles. The summed E-state index contributed by atoms with van der Waals surface area (Å²) in [5.74, 6) is -0.472. The van der Waals surface area contributed by atoms with Crippen molar-refractivity contribution in [2.75, 3.05) is 5.32 Å². The van der Waals surface area contributed by atoms with Crippen LogP contribution in [-0.2, 0) is 11.8 Å².